The van der Waals surface area contributed by atoms with E-state index in [-0.39, 0.29) is 27.7 Å². The van der Waals surface area contributed by atoms with Crippen LogP contribution in [0.25, 0.3) is 12.2 Å². The molecule has 0 spiro atoms. The summed E-state index contributed by atoms with van der Waals surface area (Å²) in [5, 5.41) is 5.59. The number of nitrogens with one attached hydrogen (secondary N) is 2. The first-order valence-corrected chi connectivity index (χ1v) is 9.36. The number of rotatable bonds is 7. The second kappa shape index (κ2) is 10.7. The second-order valence-corrected chi connectivity index (χ2v) is 6.91. The zero-order valence-corrected chi connectivity index (χ0v) is 16.9. The fraction of sp³-hybridized carbons (Fsp3) is 0.143. The molecular formula is C21H18Cl2F2N2O2. The fourth-order valence-corrected chi connectivity index (χ4v) is 2.76. The van der Waals surface area contributed by atoms with Crippen LogP contribution in [-0.4, -0.2) is 24.4 Å². The lowest BCUT2D eigenvalue weighted by Gasteiger charge is -2.12. The van der Waals surface area contributed by atoms with Gasteiger partial charge in [-0.3, -0.25) is 9.59 Å². The van der Waals surface area contributed by atoms with Gasteiger partial charge in [-0.15, -0.1) is 0 Å². The molecule has 2 rings (SSSR count). The van der Waals surface area contributed by atoms with E-state index in [0.29, 0.717) is 0 Å². The number of carbonyl (C=O) groups excluding carboxylic acids is 2. The van der Waals surface area contributed by atoms with E-state index in [1.807, 2.05) is 0 Å². The summed E-state index contributed by atoms with van der Waals surface area (Å²) in [6.45, 7) is 1.81. The van der Waals surface area contributed by atoms with Crippen LogP contribution in [0.5, 0.6) is 0 Å². The van der Waals surface area contributed by atoms with Crippen molar-refractivity contribution >= 4 is 47.2 Å². The molecule has 29 heavy (non-hydrogen) atoms. The van der Waals surface area contributed by atoms with Crippen LogP contribution in [0, 0.1) is 11.6 Å². The fourth-order valence-electron chi connectivity index (χ4n) is 2.31. The average molecular weight is 439 g/mol. The monoisotopic (exact) mass is 438 g/mol. The van der Waals surface area contributed by atoms with Gasteiger partial charge in [-0.05, 0) is 43.3 Å². The van der Waals surface area contributed by atoms with Crippen molar-refractivity contribution in [2.24, 2.45) is 0 Å². The number of hydrogen-bond acceptors (Lipinski definition) is 2. The Hall–Kier alpha value is -2.70. The summed E-state index contributed by atoms with van der Waals surface area (Å²) in [5.74, 6) is -2.02. The van der Waals surface area contributed by atoms with Gasteiger partial charge in [-0.2, -0.15) is 0 Å². The van der Waals surface area contributed by atoms with Crippen molar-refractivity contribution < 1.29 is 18.4 Å². The lowest BCUT2D eigenvalue weighted by atomic mass is 10.2. The van der Waals surface area contributed by atoms with E-state index >= 15 is 0 Å². The van der Waals surface area contributed by atoms with Gasteiger partial charge < -0.3 is 10.6 Å². The molecule has 0 aliphatic heterocycles. The van der Waals surface area contributed by atoms with E-state index in [2.05, 4.69) is 10.6 Å². The largest absolute Gasteiger partial charge is 0.351 e. The molecule has 8 heteroatoms. The maximum atomic E-state index is 13.7. The van der Waals surface area contributed by atoms with Crippen molar-refractivity contribution in [3.8, 4) is 0 Å². The molecule has 0 bridgehead atoms. The number of halogens is 4. The Bertz CT molecular complexity index is 921. The first kappa shape index (κ1) is 22.6. The molecule has 152 valence electrons. The lowest BCUT2D eigenvalue weighted by molar-refractivity contribution is -0.118. The summed E-state index contributed by atoms with van der Waals surface area (Å²) in [6.07, 6.45) is 4.86. The third-order valence-corrected chi connectivity index (χ3v) is 4.43. The standard InChI is InChI=1S/C21H18Cl2F2N2O2/c1-13(27-21(29)11-9-15-17(23)5-3-7-19(15)25)12-26-20(28)10-8-14-16(22)4-2-6-18(14)24/h2-11,13H,12H2,1H3,(H,26,28)(H,27,29)/b10-8+,11-9+. The first-order chi connectivity index (χ1) is 13.8. The molecule has 0 saturated heterocycles. The maximum absolute atomic E-state index is 13.7. The van der Waals surface area contributed by atoms with Crippen molar-refractivity contribution in [2.75, 3.05) is 6.54 Å². The number of amides is 2. The van der Waals surface area contributed by atoms with Gasteiger partial charge in [0, 0.05) is 35.9 Å². The molecule has 0 saturated carbocycles. The zero-order chi connectivity index (χ0) is 21.4. The molecule has 1 atom stereocenters. The summed E-state index contributed by atoms with van der Waals surface area (Å²) in [4.78, 5) is 23.8. The van der Waals surface area contributed by atoms with Crippen molar-refractivity contribution in [2.45, 2.75) is 13.0 Å². The first-order valence-electron chi connectivity index (χ1n) is 8.60. The molecule has 0 aliphatic carbocycles. The molecule has 1 unspecified atom stereocenters. The van der Waals surface area contributed by atoms with Gasteiger partial charge in [0.2, 0.25) is 11.8 Å². The van der Waals surface area contributed by atoms with E-state index in [1.54, 1.807) is 6.92 Å². The van der Waals surface area contributed by atoms with Crippen molar-refractivity contribution in [1.29, 1.82) is 0 Å². The Morgan fingerprint density at radius 3 is 1.90 bits per heavy atom. The zero-order valence-electron chi connectivity index (χ0n) is 15.4. The molecule has 0 radical (unpaired) electrons. The third-order valence-electron chi connectivity index (χ3n) is 3.77. The highest BCUT2D eigenvalue weighted by Crippen LogP contribution is 2.21. The number of hydrogen-bond donors (Lipinski definition) is 2. The van der Waals surface area contributed by atoms with Crippen LogP contribution in [-0.2, 0) is 9.59 Å². The minimum Gasteiger partial charge on any atom is -0.351 e. The summed E-state index contributed by atoms with van der Waals surface area (Å²) < 4.78 is 27.3. The van der Waals surface area contributed by atoms with Gasteiger partial charge >= 0.3 is 0 Å². The predicted octanol–water partition coefficient (Wildman–Crippen LogP) is 4.62. The van der Waals surface area contributed by atoms with Crippen LogP contribution in [0.3, 0.4) is 0 Å². The van der Waals surface area contributed by atoms with Crippen LogP contribution in [0.15, 0.2) is 48.6 Å². The molecule has 0 aromatic heterocycles. The second-order valence-electron chi connectivity index (χ2n) is 6.09. The maximum Gasteiger partial charge on any atom is 0.244 e. The quantitative estimate of drug-likeness (QED) is 0.619. The average Bonchev–Trinajstić information content (AvgIpc) is 2.65. The van der Waals surface area contributed by atoms with Gasteiger partial charge in [-0.1, -0.05) is 35.3 Å². The van der Waals surface area contributed by atoms with Crippen molar-refractivity contribution in [3.05, 3.63) is 81.4 Å². The van der Waals surface area contributed by atoms with Crippen molar-refractivity contribution in [3.63, 3.8) is 0 Å². The Morgan fingerprint density at radius 1 is 0.931 bits per heavy atom. The third kappa shape index (κ3) is 7.00. The van der Waals surface area contributed by atoms with E-state index in [4.69, 9.17) is 23.2 Å². The van der Waals surface area contributed by atoms with Gasteiger partial charge in [0.1, 0.15) is 11.6 Å². The normalized spacial score (nSPS) is 12.3. The molecule has 4 nitrogen and oxygen atoms in total. The van der Waals surface area contributed by atoms with Crippen LogP contribution in [0.1, 0.15) is 18.1 Å². The SMILES string of the molecule is CC(CNC(=O)/C=C/c1c(F)cccc1Cl)NC(=O)/C=C/c1c(F)cccc1Cl. The Labute approximate surface area is 177 Å². The van der Waals surface area contributed by atoms with Crippen LogP contribution < -0.4 is 10.6 Å². The van der Waals surface area contributed by atoms with E-state index in [0.717, 1.165) is 12.2 Å². The summed E-state index contributed by atoms with van der Waals surface area (Å²) in [5.41, 5.74) is 0.227. The van der Waals surface area contributed by atoms with Crippen LogP contribution in [0.2, 0.25) is 10.0 Å². The molecule has 2 aromatic carbocycles. The van der Waals surface area contributed by atoms with Gasteiger partial charge in [0.25, 0.3) is 0 Å². The van der Waals surface area contributed by atoms with E-state index < -0.39 is 29.5 Å². The number of benzene rings is 2. The van der Waals surface area contributed by atoms with E-state index in [9.17, 15) is 18.4 Å². The Morgan fingerprint density at radius 2 is 1.41 bits per heavy atom. The smallest absolute Gasteiger partial charge is 0.244 e. The highest BCUT2D eigenvalue weighted by molar-refractivity contribution is 6.32. The van der Waals surface area contributed by atoms with Crippen LogP contribution >= 0.6 is 23.2 Å². The van der Waals surface area contributed by atoms with Gasteiger partial charge in [0.05, 0.1) is 10.0 Å². The lowest BCUT2D eigenvalue weighted by Crippen LogP contribution is -2.40. The summed E-state index contributed by atoms with van der Waals surface area (Å²) >= 11 is 11.8. The Kier molecular flexibility index (Phi) is 8.36. The Balaban J connectivity index is 1.84. The number of carbonyl (C=O) groups is 2. The molecule has 2 N–H and O–H groups in total. The summed E-state index contributed by atoms with van der Waals surface area (Å²) in [6, 6.07) is 8.04. The topological polar surface area (TPSA) is 58.2 Å². The molecule has 0 heterocycles. The van der Waals surface area contributed by atoms with Crippen LogP contribution in [0.4, 0.5) is 8.78 Å². The molecule has 0 fully saturated rings. The minimum atomic E-state index is -0.538. The molecule has 0 aliphatic rings. The van der Waals surface area contributed by atoms with Gasteiger partial charge in [0.15, 0.2) is 0 Å². The molecule has 2 amide bonds. The molecule has 2 aromatic rings. The predicted molar refractivity (Wildman–Crippen MR) is 112 cm³/mol. The van der Waals surface area contributed by atoms with Crippen molar-refractivity contribution in [1.82, 2.24) is 10.6 Å². The highest BCUT2D eigenvalue weighted by atomic mass is 35.5. The minimum absolute atomic E-state index is 0.113. The molecular weight excluding hydrogens is 421 g/mol. The van der Waals surface area contributed by atoms with E-state index in [1.165, 1.54) is 48.6 Å². The highest BCUT2D eigenvalue weighted by Gasteiger charge is 2.08. The van der Waals surface area contributed by atoms with Gasteiger partial charge in [-0.25, -0.2) is 8.78 Å². The summed E-state index contributed by atoms with van der Waals surface area (Å²) in [7, 11) is 0.